The van der Waals surface area contributed by atoms with Crippen molar-refractivity contribution in [1.29, 1.82) is 5.41 Å². The summed E-state index contributed by atoms with van der Waals surface area (Å²) in [5, 5.41) is 16.5. The van der Waals surface area contributed by atoms with Crippen LogP contribution in [0, 0.1) is 5.41 Å². The molecular formula is C33H21NS. The van der Waals surface area contributed by atoms with E-state index < -0.39 is 0 Å². The normalized spacial score (nSPS) is 11.5. The molecule has 0 bridgehead atoms. The summed E-state index contributed by atoms with van der Waals surface area (Å²) in [5.41, 5.74) is 4.82. The molecule has 1 nitrogen and oxygen atoms in total. The molecule has 0 aliphatic rings. The van der Waals surface area contributed by atoms with Crippen molar-refractivity contribution < 1.29 is 0 Å². The first-order valence-electron chi connectivity index (χ1n) is 11.8. The molecule has 0 aliphatic heterocycles. The molecule has 1 N–H and O–H groups in total. The van der Waals surface area contributed by atoms with E-state index in [2.05, 4.69) is 121 Å². The van der Waals surface area contributed by atoms with Crippen molar-refractivity contribution in [3.63, 3.8) is 0 Å². The van der Waals surface area contributed by atoms with Gasteiger partial charge in [-0.2, -0.15) is 0 Å². The van der Waals surface area contributed by atoms with Crippen LogP contribution in [0.25, 0.3) is 52.8 Å². The van der Waals surface area contributed by atoms with E-state index in [1.165, 1.54) is 36.5 Å². The zero-order chi connectivity index (χ0) is 23.4. The van der Waals surface area contributed by atoms with Gasteiger partial charge in [0.2, 0.25) is 0 Å². The summed E-state index contributed by atoms with van der Waals surface area (Å²) in [4.78, 5) is 0. The molecule has 2 heteroatoms. The van der Waals surface area contributed by atoms with Crippen LogP contribution in [0.15, 0.2) is 121 Å². The molecule has 7 aromatic rings. The molecular weight excluding hydrogens is 442 g/mol. The van der Waals surface area contributed by atoms with Crippen molar-refractivity contribution in [2.75, 3.05) is 0 Å². The van der Waals surface area contributed by atoms with Gasteiger partial charge in [-0.25, -0.2) is 0 Å². The fourth-order valence-electron chi connectivity index (χ4n) is 5.27. The second kappa shape index (κ2) is 7.90. The molecule has 6 aromatic carbocycles. The number of hydrogen-bond acceptors (Lipinski definition) is 2. The first-order valence-corrected chi connectivity index (χ1v) is 12.6. The van der Waals surface area contributed by atoms with Gasteiger partial charge in [-0.05, 0) is 56.9 Å². The molecule has 1 aromatic heterocycles. The summed E-state index contributed by atoms with van der Waals surface area (Å²) in [6.45, 7) is 0. The maximum atomic E-state index is 9.25. The van der Waals surface area contributed by atoms with E-state index >= 15 is 0 Å². The van der Waals surface area contributed by atoms with Gasteiger partial charge in [0.15, 0.2) is 0 Å². The Hall–Kier alpha value is -4.27. The van der Waals surface area contributed by atoms with Crippen LogP contribution in [0.5, 0.6) is 0 Å². The van der Waals surface area contributed by atoms with Crippen LogP contribution in [0.2, 0.25) is 0 Å². The minimum atomic E-state index is 0.552. The highest BCUT2D eigenvalue weighted by atomic mass is 32.1. The Morgan fingerprint density at radius 3 is 2.11 bits per heavy atom. The van der Waals surface area contributed by atoms with Gasteiger partial charge in [0.1, 0.15) is 0 Å². The summed E-state index contributed by atoms with van der Waals surface area (Å²) in [7, 11) is 0. The lowest BCUT2D eigenvalue weighted by Crippen LogP contribution is -2.03. The van der Waals surface area contributed by atoms with E-state index in [0.29, 0.717) is 5.71 Å². The summed E-state index contributed by atoms with van der Waals surface area (Å²) >= 11 is 1.84. The SMILES string of the molecule is N=C(c1cccc(-c2cccc3sc4ccccc4c23)c1)c1cc2ccccc2c2ccccc12. The first-order chi connectivity index (χ1) is 17.3. The van der Waals surface area contributed by atoms with Gasteiger partial charge >= 0.3 is 0 Å². The van der Waals surface area contributed by atoms with Gasteiger partial charge in [0.05, 0.1) is 5.71 Å². The van der Waals surface area contributed by atoms with Crippen LogP contribution < -0.4 is 0 Å². The van der Waals surface area contributed by atoms with Crippen molar-refractivity contribution in [1.82, 2.24) is 0 Å². The van der Waals surface area contributed by atoms with Gasteiger partial charge in [-0.1, -0.05) is 97.1 Å². The molecule has 0 atom stereocenters. The Kier molecular flexibility index (Phi) is 4.54. The minimum absolute atomic E-state index is 0.552. The smallest absolute Gasteiger partial charge is 0.0691 e. The molecule has 0 saturated heterocycles. The molecule has 35 heavy (non-hydrogen) atoms. The quantitative estimate of drug-likeness (QED) is 0.199. The average molecular weight is 464 g/mol. The molecule has 0 amide bonds. The number of benzene rings is 6. The van der Waals surface area contributed by atoms with E-state index in [4.69, 9.17) is 0 Å². The summed E-state index contributed by atoms with van der Waals surface area (Å²) in [6.07, 6.45) is 0. The topological polar surface area (TPSA) is 23.9 Å². The fraction of sp³-hybridized carbons (Fsp3) is 0. The highest BCUT2D eigenvalue weighted by molar-refractivity contribution is 7.25. The highest BCUT2D eigenvalue weighted by Gasteiger charge is 2.15. The Morgan fingerprint density at radius 2 is 1.23 bits per heavy atom. The molecule has 0 spiro atoms. The number of nitrogens with one attached hydrogen (secondary N) is 1. The maximum absolute atomic E-state index is 9.25. The number of thiophene rings is 1. The van der Waals surface area contributed by atoms with E-state index in [1.54, 1.807) is 0 Å². The Labute approximate surface area is 207 Å². The van der Waals surface area contributed by atoms with E-state index in [0.717, 1.165) is 27.5 Å². The second-order valence-electron chi connectivity index (χ2n) is 8.92. The third-order valence-electron chi connectivity index (χ3n) is 6.90. The predicted molar refractivity (Wildman–Crippen MR) is 152 cm³/mol. The standard InChI is InChI=1S/C33H21NS/c34-33(29-20-22-9-1-2-12-24(22)26-13-3-4-14-27(26)29)23-11-7-10-21(19-23)25-16-8-18-31-32(25)28-15-5-6-17-30(28)35-31/h1-20,34H. The fourth-order valence-corrected chi connectivity index (χ4v) is 6.41. The zero-order valence-electron chi connectivity index (χ0n) is 19.0. The van der Waals surface area contributed by atoms with Crippen LogP contribution in [-0.4, -0.2) is 5.71 Å². The molecule has 0 fully saturated rings. The van der Waals surface area contributed by atoms with Crippen LogP contribution in [0.1, 0.15) is 11.1 Å². The lowest BCUT2D eigenvalue weighted by molar-refractivity contribution is 1.47. The minimum Gasteiger partial charge on any atom is -0.300 e. The Bertz CT molecular complexity index is 1930. The molecule has 164 valence electrons. The van der Waals surface area contributed by atoms with Crippen LogP contribution in [-0.2, 0) is 0 Å². The summed E-state index contributed by atoms with van der Waals surface area (Å²) in [5.74, 6) is 0. The maximum Gasteiger partial charge on any atom is 0.0691 e. The van der Waals surface area contributed by atoms with Crippen molar-refractivity contribution in [3.8, 4) is 11.1 Å². The molecule has 0 saturated carbocycles. The zero-order valence-corrected chi connectivity index (χ0v) is 19.8. The number of fused-ring (bicyclic) bond motifs is 6. The lowest BCUT2D eigenvalue weighted by atomic mass is 9.91. The summed E-state index contributed by atoms with van der Waals surface area (Å²) in [6, 6.07) is 42.7. The Morgan fingerprint density at radius 1 is 0.543 bits per heavy atom. The summed E-state index contributed by atoms with van der Waals surface area (Å²) < 4.78 is 2.60. The van der Waals surface area contributed by atoms with Crippen molar-refractivity contribution in [3.05, 3.63) is 132 Å². The van der Waals surface area contributed by atoms with Crippen LogP contribution in [0.4, 0.5) is 0 Å². The van der Waals surface area contributed by atoms with Gasteiger partial charge in [0.25, 0.3) is 0 Å². The van der Waals surface area contributed by atoms with Crippen molar-refractivity contribution in [2.24, 2.45) is 0 Å². The van der Waals surface area contributed by atoms with E-state index in [1.807, 2.05) is 11.3 Å². The van der Waals surface area contributed by atoms with Crippen LogP contribution in [0.3, 0.4) is 0 Å². The predicted octanol–water partition coefficient (Wildman–Crippen LogP) is 9.44. The number of rotatable bonds is 3. The second-order valence-corrected chi connectivity index (χ2v) is 10.0. The van der Waals surface area contributed by atoms with Gasteiger partial charge < -0.3 is 0 Å². The highest BCUT2D eigenvalue weighted by Crippen LogP contribution is 2.40. The monoisotopic (exact) mass is 463 g/mol. The molecule has 0 radical (unpaired) electrons. The molecule has 0 aliphatic carbocycles. The van der Waals surface area contributed by atoms with Gasteiger partial charge in [-0.15, -0.1) is 11.3 Å². The van der Waals surface area contributed by atoms with Crippen LogP contribution >= 0.6 is 11.3 Å². The molecule has 0 unspecified atom stereocenters. The van der Waals surface area contributed by atoms with Gasteiger partial charge in [0, 0.05) is 31.3 Å². The van der Waals surface area contributed by atoms with E-state index in [9.17, 15) is 5.41 Å². The van der Waals surface area contributed by atoms with Crippen molar-refractivity contribution in [2.45, 2.75) is 0 Å². The molecule has 1 heterocycles. The first kappa shape index (κ1) is 20.1. The third-order valence-corrected chi connectivity index (χ3v) is 8.04. The van der Waals surface area contributed by atoms with Gasteiger partial charge in [-0.3, -0.25) is 5.41 Å². The molecule has 7 rings (SSSR count). The number of hydrogen-bond donors (Lipinski definition) is 1. The third kappa shape index (κ3) is 3.18. The van der Waals surface area contributed by atoms with E-state index in [-0.39, 0.29) is 0 Å². The Balaban J connectivity index is 1.42. The lowest BCUT2D eigenvalue weighted by Gasteiger charge is -2.13. The largest absolute Gasteiger partial charge is 0.300 e. The van der Waals surface area contributed by atoms with Crippen molar-refractivity contribution >= 4 is 58.8 Å². The average Bonchev–Trinajstić information content (AvgIpc) is 3.31.